The van der Waals surface area contributed by atoms with E-state index in [1.54, 1.807) is 6.07 Å². The molecular formula is C12H14N2O2. The van der Waals surface area contributed by atoms with E-state index in [0.717, 1.165) is 11.4 Å². The molecule has 0 aliphatic carbocycles. The van der Waals surface area contributed by atoms with Crippen molar-refractivity contribution in [3.63, 3.8) is 0 Å². The highest BCUT2D eigenvalue weighted by molar-refractivity contribution is 6.02. The summed E-state index contributed by atoms with van der Waals surface area (Å²) in [6, 6.07) is 7.37. The zero-order valence-corrected chi connectivity index (χ0v) is 9.14. The number of carbonyl (C=O) groups is 1. The highest BCUT2D eigenvalue weighted by atomic mass is 16.5. The number of carbonyl (C=O) groups excluding carboxylic acids is 1. The summed E-state index contributed by atoms with van der Waals surface area (Å²) in [6.45, 7) is 1.86. The molecule has 4 nitrogen and oxygen atoms in total. The van der Waals surface area contributed by atoms with Gasteiger partial charge in [0, 0.05) is 12.1 Å². The van der Waals surface area contributed by atoms with Crippen molar-refractivity contribution in [2.75, 3.05) is 5.73 Å². The van der Waals surface area contributed by atoms with E-state index in [2.05, 4.69) is 4.99 Å². The molecule has 0 aromatic heterocycles. The number of esters is 1. The Kier molecular flexibility index (Phi) is 2.90. The van der Waals surface area contributed by atoms with E-state index in [1.165, 1.54) is 0 Å². The Balaban J connectivity index is 2.24. The van der Waals surface area contributed by atoms with Crippen LogP contribution in [0.25, 0.3) is 0 Å². The Morgan fingerprint density at radius 2 is 2.19 bits per heavy atom. The van der Waals surface area contributed by atoms with Crippen LogP contribution in [0.1, 0.15) is 19.8 Å². The molecule has 1 unspecified atom stereocenters. The van der Waals surface area contributed by atoms with Crippen LogP contribution in [-0.4, -0.2) is 17.8 Å². The van der Waals surface area contributed by atoms with Gasteiger partial charge in [0.05, 0.1) is 17.8 Å². The second-order valence-corrected chi connectivity index (χ2v) is 3.92. The Hall–Kier alpha value is -1.84. The van der Waals surface area contributed by atoms with Crippen molar-refractivity contribution in [2.45, 2.75) is 25.9 Å². The molecule has 1 atom stereocenters. The molecule has 0 spiro atoms. The quantitative estimate of drug-likeness (QED) is 0.579. The van der Waals surface area contributed by atoms with Crippen molar-refractivity contribution >= 4 is 23.1 Å². The third-order valence-corrected chi connectivity index (χ3v) is 2.42. The maximum atomic E-state index is 11.2. The molecule has 1 fully saturated rings. The Morgan fingerprint density at radius 3 is 2.88 bits per heavy atom. The number of benzene rings is 1. The lowest BCUT2D eigenvalue weighted by atomic mass is 10.1. The summed E-state index contributed by atoms with van der Waals surface area (Å²) >= 11 is 0. The van der Waals surface area contributed by atoms with Crippen molar-refractivity contribution in [1.82, 2.24) is 0 Å². The highest BCUT2D eigenvalue weighted by Gasteiger charge is 2.21. The minimum absolute atomic E-state index is 0.0927. The molecule has 4 heteroatoms. The number of nitrogens with zero attached hydrogens (tertiary/aromatic N) is 1. The molecule has 1 aliphatic heterocycles. The topological polar surface area (TPSA) is 64.7 Å². The lowest BCUT2D eigenvalue weighted by molar-refractivity contribution is -0.147. The van der Waals surface area contributed by atoms with Crippen LogP contribution in [-0.2, 0) is 9.53 Å². The van der Waals surface area contributed by atoms with E-state index in [9.17, 15) is 4.79 Å². The average Bonchev–Trinajstić information content (AvgIpc) is 2.20. The number of nitrogens with two attached hydrogens (primary N) is 1. The zero-order chi connectivity index (χ0) is 11.5. The monoisotopic (exact) mass is 218 g/mol. The molecule has 0 amide bonds. The standard InChI is InChI=1S/C12H14N2O2/c1-8-6-9(7-12(15)16-8)14-11-5-3-2-4-10(11)13/h2-5,8H,6-7,13H2,1H3. The number of aliphatic imine (C=N–C) groups is 1. The predicted octanol–water partition coefficient (Wildman–Crippen LogP) is 2.07. The van der Waals surface area contributed by atoms with Gasteiger partial charge >= 0.3 is 5.97 Å². The minimum Gasteiger partial charge on any atom is -0.462 e. The van der Waals surface area contributed by atoms with Crippen LogP contribution in [0.15, 0.2) is 29.3 Å². The van der Waals surface area contributed by atoms with Gasteiger partial charge in [-0.1, -0.05) is 12.1 Å². The molecule has 1 heterocycles. The molecule has 16 heavy (non-hydrogen) atoms. The summed E-state index contributed by atoms with van der Waals surface area (Å²) in [6.07, 6.45) is 0.851. The maximum Gasteiger partial charge on any atom is 0.311 e. The summed E-state index contributed by atoms with van der Waals surface area (Å²) in [5, 5.41) is 0. The summed E-state index contributed by atoms with van der Waals surface area (Å²) in [7, 11) is 0. The fourth-order valence-corrected chi connectivity index (χ4v) is 1.72. The van der Waals surface area contributed by atoms with Crippen molar-refractivity contribution in [3.05, 3.63) is 24.3 Å². The van der Waals surface area contributed by atoms with Crippen LogP contribution in [0, 0.1) is 0 Å². The Labute approximate surface area is 94.1 Å². The summed E-state index contributed by atoms with van der Waals surface area (Å²) in [5.41, 5.74) is 7.97. The number of hydrogen-bond donors (Lipinski definition) is 1. The summed E-state index contributed by atoms with van der Waals surface area (Å²) < 4.78 is 5.03. The summed E-state index contributed by atoms with van der Waals surface area (Å²) in [5.74, 6) is -0.216. The zero-order valence-electron chi connectivity index (χ0n) is 9.14. The third-order valence-electron chi connectivity index (χ3n) is 2.42. The number of para-hydroxylation sites is 2. The molecule has 0 bridgehead atoms. The van der Waals surface area contributed by atoms with Gasteiger partial charge in [0.25, 0.3) is 0 Å². The van der Waals surface area contributed by atoms with Gasteiger partial charge in [-0.15, -0.1) is 0 Å². The van der Waals surface area contributed by atoms with Crippen molar-refractivity contribution in [1.29, 1.82) is 0 Å². The van der Waals surface area contributed by atoms with Gasteiger partial charge in [-0.25, -0.2) is 0 Å². The van der Waals surface area contributed by atoms with E-state index in [4.69, 9.17) is 10.5 Å². The first kappa shape index (κ1) is 10.7. The van der Waals surface area contributed by atoms with Crippen LogP contribution in [0.5, 0.6) is 0 Å². The first-order valence-corrected chi connectivity index (χ1v) is 5.25. The van der Waals surface area contributed by atoms with Gasteiger partial charge in [0.1, 0.15) is 6.10 Å². The van der Waals surface area contributed by atoms with Crippen molar-refractivity contribution in [3.8, 4) is 0 Å². The largest absolute Gasteiger partial charge is 0.462 e. The molecule has 0 saturated carbocycles. The lowest BCUT2D eigenvalue weighted by Gasteiger charge is -2.20. The van der Waals surface area contributed by atoms with Crippen LogP contribution in [0.3, 0.4) is 0 Å². The fraction of sp³-hybridized carbons (Fsp3) is 0.333. The maximum absolute atomic E-state index is 11.2. The van der Waals surface area contributed by atoms with E-state index >= 15 is 0 Å². The van der Waals surface area contributed by atoms with Gasteiger partial charge in [-0.3, -0.25) is 9.79 Å². The Bertz CT molecular complexity index is 440. The first-order valence-electron chi connectivity index (χ1n) is 5.25. The second kappa shape index (κ2) is 4.35. The lowest BCUT2D eigenvalue weighted by Crippen LogP contribution is -2.27. The van der Waals surface area contributed by atoms with Gasteiger partial charge in [-0.2, -0.15) is 0 Å². The van der Waals surface area contributed by atoms with Crippen LogP contribution in [0.4, 0.5) is 11.4 Å². The third kappa shape index (κ3) is 2.39. The highest BCUT2D eigenvalue weighted by Crippen LogP contribution is 2.23. The Morgan fingerprint density at radius 1 is 1.44 bits per heavy atom. The number of anilines is 1. The smallest absolute Gasteiger partial charge is 0.311 e. The number of hydrogen-bond acceptors (Lipinski definition) is 4. The molecule has 2 N–H and O–H groups in total. The van der Waals surface area contributed by atoms with Crippen LogP contribution in [0.2, 0.25) is 0 Å². The molecule has 1 aliphatic rings. The van der Waals surface area contributed by atoms with Crippen molar-refractivity contribution in [2.24, 2.45) is 4.99 Å². The molecule has 84 valence electrons. The number of nitrogen functional groups attached to an aromatic ring is 1. The first-order chi connectivity index (χ1) is 7.65. The predicted molar refractivity (Wildman–Crippen MR) is 62.7 cm³/mol. The van der Waals surface area contributed by atoms with Gasteiger partial charge < -0.3 is 10.5 Å². The van der Waals surface area contributed by atoms with Crippen LogP contribution < -0.4 is 5.73 Å². The van der Waals surface area contributed by atoms with E-state index < -0.39 is 0 Å². The molecule has 0 radical (unpaired) electrons. The minimum atomic E-state index is -0.216. The molecular weight excluding hydrogens is 204 g/mol. The van der Waals surface area contributed by atoms with E-state index in [1.807, 2.05) is 25.1 Å². The van der Waals surface area contributed by atoms with Gasteiger partial charge in [-0.05, 0) is 19.1 Å². The van der Waals surface area contributed by atoms with Crippen molar-refractivity contribution < 1.29 is 9.53 Å². The molecule has 1 aromatic carbocycles. The molecule has 1 saturated heterocycles. The SMILES string of the molecule is CC1CC(=Nc2ccccc2N)CC(=O)O1. The number of rotatable bonds is 1. The van der Waals surface area contributed by atoms with E-state index in [0.29, 0.717) is 12.1 Å². The molecule has 2 rings (SSSR count). The number of ether oxygens (including phenoxy) is 1. The number of cyclic esters (lactones) is 1. The fourth-order valence-electron chi connectivity index (χ4n) is 1.72. The molecule has 1 aromatic rings. The van der Waals surface area contributed by atoms with Gasteiger partial charge in [0.2, 0.25) is 0 Å². The van der Waals surface area contributed by atoms with Gasteiger partial charge in [0.15, 0.2) is 0 Å². The second-order valence-electron chi connectivity index (χ2n) is 3.92. The normalized spacial score (nSPS) is 23.2. The van der Waals surface area contributed by atoms with Crippen LogP contribution >= 0.6 is 0 Å². The van der Waals surface area contributed by atoms with E-state index in [-0.39, 0.29) is 18.5 Å². The average molecular weight is 218 g/mol. The summed E-state index contributed by atoms with van der Waals surface area (Å²) in [4.78, 5) is 15.6.